The average molecular weight is 433 g/mol. The Hall–Kier alpha value is -3.10. The number of hydrogen-bond donors (Lipinski definition) is 2. The number of nitrogens with one attached hydrogen (secondary N) is 1. The number of fused-ring (bicyclic) bond motifs is 1. The van der Waals surface area contributed by atoms with E-state index >= 15 is 0 Å². The number of rotatable bonds is 4. The zero-order valence-electron chi connectivity index (χ0n) is 15.8. The van der Waals surface area contributed by atoms with Crippen LogP contribution >= 0.6 is 11.6 Å². The fraction of sp³-hybridized carbons (Fsp3) is 0.238. The summed E-state index contributed by atoms with van der Waals surface area (Å²) >= 11 is 6.35. The summed E-state index contributed by atoms with van der Waals surface area (Å²) in [5.74, 6) is -0.559. The summed E-state index contributed by atoms with van der Waals surface area (Å²) in [5.41, 5.74) is 1.73. The lowest BCUT2D eigenvalue weighted by Crippen LogP contribution is -2.41. The predicted octanol–water partition coefficient (Wildman–Crippen LogP) is 4.13. The van der Waals surface area contributed by atoms with Crippen molar-refractivity contribution in [1.82, 2.24) is 10.2 Å². The van der Waals surface area contributed by atoms with Gasteiger partial charge >= 0.3 is 6.09 Å². The van der Waals surface area contributed by atoms with E-state index in [1.54, 1.807) is 29.2 Å². The van der Waals surface area contributed by atoms with Crippen molar-refractivity contribution in [2.45, 2.75) is 6.54 Å². The number of hydrogen-bond acceptors (Lipinski definition) is 4. The molecule has 9 heteroatoms. The highest BCUT2D eigenvalue weighted by Crippen LogP contribution is 2.33. The minimum absolute atomic E-state index is 0.00439. The van der Waals surface area contributed by atoms with Gasteiger partial charge in [0.1, 0.15) is 11.6 Å². The molecular formula is C21H18ClFN2O5. The molecule has 0 saturated carbocycles. The molecule has 2 aromatic carbocycles. The molecule has 2 N–H and O–H groups in total. The van der Waals surface area contributed by atoms with Crippen LogP contribution in [0.25, 0.3) is 22.1 Å². The van der Waals surface area contributed by atoms with Gasteiger partial charge in [-0.3, -0.25) is 4.79 Å². The molecule has 30 heavy (non-hydrogen) atoms. The standard InChI is InChI=1S/C21H18ClFN2O5/c22-17-10-13(7-14-8-15(30-19(14)17)11-24-21(27)28)12-1-2-18(23)16(9-12)20(26)25-3-5-29-6-4-25/h1-2,7-10,24H,3-6,11H2,(H,27,28). The van der Waals surface area contributed by atoms with Gasteiger partial charge in [0.05, 0.1) is 30.3 Å². The Morgan fingerprint density at radius 2 is 1.90 bits per heavy atom. The highest BCUT2D eigenvalue weighted by molar-refractivity contribution is 6.35. The van der Waals surface area contributed by atoms with Crippen LogP contribution in [-0.4, -0.2) is 48.3 Å². The number of carboxylic acid groups (broad SMARTS) is 1. The van der Waals surface area contributed by atoms with Crippen molar-refractivity contribution in [3.8, 4) is 11.1 Å². The maximum atomic E-state index is 14.4. The molecule has 4 rings (SSSR count). The molecule has 2 amide bonds. The Labute approximate surface area is 176 Å². The summed E-state index contributed by atoms with van der Waals surface area (Å²) in [6.45, 7) is 1.70. The number of benzene rings is 2. The summed E-state index contributed by atoms with van der Waals surface area (Å²) < 4.78 is 25.3. The number of amides is 2. The minimum atomic E-state index is -1.16. The van der Waals surface area contributed by atoms with Crippen molar-refractivity contribution in [3.63, 3.8) is 0 Å². The first-order valence-electron chi connectivity index (χ1n) is 9.28. The third-order valence-corrected chi connectivity index (χ3v) is 5.14. The monoisotopic (exact) mass is 432 g/mol. The second-order valence-electron chi connectivity index (χ2n) is 6.85. The van der Waals surface area contributed by atoms with Crippen LogP contribution in [0.15, 0.2) is 40.8 Å². The summed E-state index contributed by atoms with van der Waals surface area (Å²) in [6, 6.07) is 9.50. The smallest absolute Gasteiger partial charge is 0.405 e. The van der Waals surface area contributed by atoms with Crippen molar-refractivity contribution in [2.24, 2.45) is 0 Å². The van der Waals surface area contributed by atoms with Gasteiger partial charge in [-0.1, -0.05) is 17.7 Å². The molecule has 0 radical (unpaired) electrons. The number of carbonyl (C=O) groups is 2. The normalized spacial score (nSPS) is 14.1. The highest BCUT2D eigenvalue weighted by atomic mass is 35.5. The van der Waals surface area contributed by atoms with Gasteiger partial charge in [-0.2, -0.15) is 0 Å². The van der Waals surface area contributed by atoms with Crippen LogP contribution in [0.1, 0.15) is 16.1 Å². The quantitative estimate of drug-likeness (QED) is 0.646. The number of carbonyl (C=O) groups excluding carboxylic acids is 1. The first kappa shape index (κ1) is 20.2. The molecule has 0 aliphatic carbocycles. The maximum Gasteiger partial charge on any atom is 0.405 e. The fourth-order valence-corrected chi connectivity index (χ4v) is 3.65. The Morgan fingerprint density at radius 1 is 1.13 bits per heavy atom. The van der Waals surface area contributed by atoms with E-state index in [-0.39, 0.29) is 18.0 Å². The summed E-state index contributed by atoms with van der Waals surface area (Å²) in [6.07, 6.45) is -1.16. The topological polar surface area (TPSA) is 92.0 Å². The average Bonchev–Trinajstić information content (AvgIpc) is 3.16. The summed E-state index contributed by atoms with van der Waals surface area (Å²) in [4.78, 5) is 25.0. The van der Waals surface area contributed by atoms with E-state index in [2.05, 4.69) is 5.32 Å². The number of nitrogens with zero attached hydrogens (tertiary/aromatic N) is 1. The predicted molar refractivity (Wildman–Crippen MR) is 108 cm³/mol. The van der Waals surface area contributed by atoms with Gasteiger partial charge in [0.25, 0.3) is 5.91 Å². The van der Waals surface area contributed by atoms with E-state index in [1.807, 2.05) is 0 Å². The second-order valence-corrected chi connectivity index (χ2v) is 7.25. The summed E-state index contributed by atoms with van der Waals surface area (Å²) in [7, 11) is 0. The van der Waals surface area contributed by atoms with E-state index in [1.165, 1.54) is 12.1 Å². The number of furan rings is 1. The molecule has 1 fully saturated rings. The van der Waals surface area contributed by atoms with Crippen LogP contribution in [0.5, 0.6) is 0 Å². The number of halogens is 2. The van der Waals surface area contributed by atoms with E-state index in [0.717, 1.165) is 0 Å². The first-order chi connectivity index (χ1) is 14.4. The van der Waals surface area contributed by atoms with Gasteiger partial charge in [0.15, 0.2) is 5.58 Å². The zero-order chi connectivity index (χ0) is 21.3. The van der Waals surface area contributed by atoms with E-state index in [0.29, 0.717) is 59.2 Å². The SMILES string of the molecule is O=C(O)NCc1cc2cc(-c3ccc(F)c(C(=O)N4CCOCC4)c3)cc(Cl)c2o1. The highest BCUT2D eigenvalue weighted by Gasteiger charge is 2.22. The molecular weight excluding hydrogens is 415 g/mol. The molecule has 1 aromatic heterocycles. The van der Waals surface area contributed by atoms with Crippen LogP contribution in [0.4, 0.5) is 9.18 Å². The van der Waals surface area contributed by atoms with Crippen molar-refractivity contribution in [3.05, 3.63) is 58.6 Å². The van der Waals surface area contributed by atoms with E-state index in [9.17, 15) is 14.0 Å². The molecule has 1 aliphatic rings. The van der Waals surface area contributed by atoms with Gasteiger partial charge in [0.2, 0.25) is 0 Å². The maximum absolute atomic E-state index is 14.4. The van der Waals surface area contributed by atoms with Gasteiger partial charge in [-0.25, -0.2) is 9.18 Å². The van der Waals surface area contributed by atoms with E-state index < -0.39 is 11.9 Å². The lowest BCUT2D eigenvalue weighted by atomic mass is 10.0. The van der Waals surface area contributed by atoms with Crippen LogP contribution in [0, 0.1) is 5.82 Å². The van der Waals surface area contributed by atoms with Crippen LogP contribution in [0.3, 0.4) is 0 Å². The Morgan fingerprint density at radius 3 is 2.63 bits per heavy atom. The molecule has 3 aromatic rings. The molecule has 0 atom stereocenters. The van der Waals surface area contributed by atoms with Crippen molar-refractivity contribution in [2.75, 3.05) is 26.3 Å². The lowest BCUT2D eigenvalue weighted by Gasteiger charge is -2.27. The van der Waals surface area contributed by atoms with Crippen molar-refractivity contribution >= 4 is 34.6 Å². The lowest BCUT2D eigenvalue weighted by molar-refractivity contribution is 0.0300. The Bertz CT molecular complexity index is 1120. The molecule has 0 unspecified atom stereocenters. The number of morpholine rings is 1. The molecule has 7 nitrogen and oxygen atoms in total. The van der Waals surface area contributed by atoms with Crippen molar-refractivity contribution in [1.29, 1.82) is 0 Å². The molecule has 1 aliphatic heterocycles. The fourth-order valence-electron chi connectivity index (χ4n) is 3.39. The zero-order valence-corrected chi connectivity index (χ0v) is 16.5. The summed E-state index contributed by atoms with van der Waals surface area (Å²) in [5, 5.41) is 12.0. The third-order valence-electron chi connectivity index (χ3n) is 4.86. The second kappa shape index (κ2) is 8.33. The van der Waals surface area contributed by atoms with Gasteiger partial charge < -0.3 is 24.5 Å². The van der Waals surface area contributed by atoms with Crippen LogP contribution in [-0.2, 0) is 11.3 Å². The van der Waals surface area contributed by atoms with E-state index in [4.69, 9.17) is 25.9 Å². The molecule has 2 heterocycles. The molecule has 1 saturated heterocycles. The minimum Gasteiger partial charge on any atom is -0.465 e. The first-order valence-corrected chi connectivity index (χ1v) is 9.66. The Kier molecular flexibility index (Phi) is 5.61. The van der Waals surface area contributed by atoms with Crippen molar-refractivity contribution < 1.29 is 28.2 Å². The number of ether oxygens (including phenoxy) is 1. The third kappa shape index (κ3) is 4.10. The largest absolute Gasteiger partial charge is 0.465 e. The molecule has 0 bridgehead atoms. The van der Waals surface area contributed by atoms with Gasteiger partial charge in [0, 0.05) is 18.5 Å². The van der Waals surface area contributed by atoms with Crippen LogP contribution < -0.4 is 5.32 Å². The Balaban J connectivity index is 1.67. The molecule has 156 valence electrons. The van der Waals surface area contributed by atoms with Gasteiger partial charge in [-0.05, 0) is 41.5 Å². The van der Waals surface area contributed by atoms with Gasteiger partial charge in [-0.15, -0.1) is 0 Å². The molecule has 0 spiro atoms. The van der Waals surface area contributed by atoms with Crippen LogP contribution in [0.2, 0.25) is 5.02 Å².